The van der Waals surface area contributed by atoms with Crippen LogP contribution in [0.1, 0.15) is 13.3 Å². The van der Waals surface area contributed by atoms with Crippen molar-refractivity contribution in [1.29, 1.82) is 0 Å². The molecule has 0 aromatic rings. The Balaban J connectivity index is 2.61. The summed E-state index contributed by atoms with van der Waals surface area (Å²) in [5.74, 6) is 0.0673. The lowest BCUT2D eigenvalue weighted by Gasteiger charge is -2.37. The van der Waals surface area contributed by atoms with Gasteiger partial charge in [-0.3, -0.25) is 4.79 Å². The number of carbonyl (C=O) groups is 1. The molecule has 0 radical (unpaired) electrons. The van der Waals surface area contributed by atoms with Crippen molar-refractivity contribution >= 4 is 5.91 Å². The largest absolute Gasteiger partial charge is 0.396 e. The molecule has 0 aromatic carbocycles. The van der Waals surface area contributed by atoms with Gasteiger partial charge in [-0.05, 0) is 13.3 Å². The van der Waals surface area contributed by atoms with Crippen LogP contribution in [0.5, 0.6) is 0 Å². The Hall–Kier alpha value is -0.870. The second-order valence-corrected chi connectivity index (χ2v) is 3.60. The third-order valence-electron chi connectivity index (χ3n) is 2.52. The van der Waals surface area contributed by atoms with E-state index in [9.17, 15) is 4.79 Å². The van der Waals surface area contributed by atoms with Crippen LogP contribution in [0, 0.1) is 0 Å². The fourth-order valence-electron chi connectivity index (χ4n) is 1.69. The van der Waals surface area contributed by atoms with Crippen LogP contribution in [0.4, 0.5) is 0 Å². The molecule has 1 amide bonds. The van der Waals surface area contributed by atoms with Crippen molar-refractivity contribution in [3.63, 3.8) is 0 Å². The van der Waals surface area contributed by atoms with Gasteiger partial charge in [-0.2, -0.15) is 0 Å². The Morgan fingerprint density at radius 3 is 3.07 bits per heavy atom. The van der Waals surface area contributed by atoms with Gasteiger partial charge in [-0.15, -0.1) is 6.58 Å². The summed E-state index contributed by atoms with van der Waals surface area (Å²) in [5, 5.41) is 11.9. The lowest BCUT2D eigenvalue weighted by molar-refractivity contribution is -0.138. The lowest BCUT2D eigenvalue weighted by atomic mass is 10.1. The van der Waals surface area contributed by atoms with E-state index in [1.54, 1.807) is 11.0 Å². The average molecular weight is 198 g/mol. The molecule has 1 aliphatic rings. The maximum atomic E-state index is 11.8. The third kappa shape index (κ3) is 2.33. The van der Waals surface area contributed by atoms with E-state index in [1.165, 1.54) is 0 Å². The monoisotopic (exact) mass is 198 g/mol. The molecule has 0 bridgehead atoms. The van der Waals surface area contributed by atoms with Crippen molar-refractivity contribution < 1.29 is 9.90 Å². The summed E-state index contributed by atoms with van der Waals surface area (Å²) in [6.07, 6.45) is 2.22. The second-order valence-electron chi connectivity index (χ2n) is 3.60. The molecule has 1 rings (SSSR count). The van der Waals surface area contributed by atoms with E-state index < -0.39 is 0 Å². The first-order valence-corrected chi connectivity index (χ1v) is 4.96. The number of aliphatic hydroxyl groups excluding tert-OH is 1. The molecule has 1 saturated heterocycles. The average Bonchev–Trinajstić information content (AvgIpc) is 2.17. The SMILES string of the molecule is C=CCN1C(=O)C(CCO)NCC1C. The number of hydrogen-bond donors (Lipinski definition) is 2. The number of nitrogens with one attached hydrogen (secondary N) is 1. The molecule has 4 nitrogen and oxygen atoms in total. The number of piperazine rings is 1. The van der Waals surface area contributed by atoms with Gasteiger partial charge >= 0.3 is 0 Å². The van der Waals surface area contributed by atoms with Gasteiger partial charge in [0.05, 0.1) is 6.04 Å². The van der Waals surface area contributed by atoms with Crippen molar-refractivity contribution in [3.05, 3.63) is 12.7 Å². The first-order valence-electron chi connectivity index (χ1n) is 4.96. The Bertz CT molecular complexity index is 218. The van der Waals surface area contributed by atoms with Gasteiger partial charge in [0.15, 0.2) is 0 Å². The van der Waals surface area contributed by atoms with Crippen molar-refractivity contribution in [2.75, 3.05) is 19.7 Å². The molecule has 2 N–H and O–H groups in total. The van der Waals surface area contributed by atoms with Gasteiger partial charge in [0.2, 0.25) is 5.91 Å². The molecule has 4 heteroatoms. The Morgan fingerprint density at radius 2 is 2.50 bits per heavy atom. The van der Waals surface area contributed by atoms with E-state index in [4.69, 9.17) is 5.11 Å². The van der Waals surface area contributed by atoms with Gasteiger partial charge in [0.1, 0.15) is 0 Å². The van der Waals surface area contributed by atoms with E-state index in [1.807, 2.05) is 6.92 Å². The molecule has 1 heterocycles. The standard InChI is InChI=1S/C10H18N2O2/c1-3-5-12-8(2)7-11-9(4-6-13)10(12)14/h3,8-9,11,13H,1,4-7H2,2H3. The highest BCUT2D eigenvalue weighted by Gasteiger charge is 2.31. The number of amides is 1. The minimum atomic E-state index is -0.226. The molecular weight excluding hydrogens is 180 g/mol. The predicted molar refractivity (Wildman–Crippen MR) is 54.9 cm³/mol. The van der Waals surface area contributed by atoms with Crippen LogP contribution in [0.25, 0.3) is 0 Å². The molecule has 1 aliphatic heterocycles. The van der Waals surface area contributed by atoms with Crippen LogP contribution in [-0.4, -0.2) is 47.7 Å². The number of carbonyl (C=O) groups excluding carboxylic acids is 1. The van der Waals surface area contributed by atoms with Crippen molar-refractivity contribution in [3.8, 4) is 0 Å². The van der Waals surface area contributed by atoms with Crippen molar-refractivity contribution in [2.45, 2.75) is 25.4 Å². The van der Waals surface area contributed by atoms with Crippen LogP contribution < -0.4 is 5.32 Å². The minimum absolute atomic E-state index is 0.0414. The molecule has 1 fully saturated rings. The van der Waals surface area contributed by atoms with Gasteiger partial charge in [0, 0.05) is 25.7 Å². The maximum Gasteiger partial charge on any atom is 0.240 e. The predicted octanol–water partition coefficient (Wildman–Crippen LogP) is -0.256. The highest BCUT2D eigenvalue weighted by Crippen LogP contribution is 2.10. The summed E-state index contributed by atoms with van der Waals surface area (Å²) in [6.45, 7) is 7.04. The highest BCUT2D eigenvalue weighted by atomic mass is 16.3. The summed E-state index contributed by atoms with van der Waals surface area (Å²) < 4.78 is 0. The van der Waals surface area contributed by atoms with E-state index in [0.717, 1.165) is 6.54 Å². The molecule has 80 valence electrons. The fraction of sp³-hybridized carbons (Fsp3) is 0.700. The van der Waals surface area contributed by atoms with Crippen LogP contribution in [0.15, 0.2) is 12.7 Å². The van der Waals surface area contributed by atoms with E-state index in [2.05, 4.69) is 11.9 Å². The topological polar surface area (TPSA) is 52.6 Å². The van der Waals surface area contributed by atoms with Crippen molar-refractivity contribution in [1.82, 2.24) is 10.2 Å². The fourth-order valence-corrected chi connectivity index (χ4v) is 1.69. The third-order valence-corrected chi connectivity index (χ3v) is 2.52. The summed E-state index contributed by atoms with van der Waals surface area (Å²) in [7, 11) is 0. The Labute approximate surface area is 84.6 Å². The van der Waals surface area contributed by atoms with Gasteiger partial charge in [-0.1, -0.05) is 6.08 Å². The lowest BCUT2D eigenvalue weighted by Crippen LogP contribution is -2.59. The normalized spacial score (nSPS) is 27.9. The second kappa shape index (κ2) is 5.12. The van der Waals surface area contributed by atoms with E-state index >= 15 is 0 Å². The summed E-state index contributed by atoms with van der Waals surface area (Å²) in [4.78, 5) is 13.6. The number of rotatable bonds is 4. The quantitative estimate of drug-likeness (QED) is 0.612. The molecule has 2 unspecified atom stereocenters. The van der Waals surface area contributed by atoms with Gasteiger partial charge < -0.3 is 15.3 Å². The molecule has 14 heavy (non-hydrogen) atoms. The van der Waals surface area contributed by atoms with E-state index in [-0.39, 0.29) is 24.6 Å². The van der Waals surface area contributed by atoms with Crippen LogP contribution in [0.3, 0.4) is 0 Å². The first-order chi connectivity index (χ1) is 6.70. The zero-order valence-corrected chi connectivity index (χ0v) is 8.57. The van der Waals surface area contributed by atoms with Crippen molar-refractivity contribution in [2.24, 2.45) is 0 Å². The molecule has 0 spiro atoms. The summed E-state index contributed by atoms with van der Waals surface area (Å²) >= 11 is 0. The smallest absolute Gasteiger partial charge is 0.240 e. The summed E-state index contributed by atoms with van der Waals surface area (Å²) in [5.41, 5.74) is 0. The van der Waals surface area contributed by atoms with Gasteiger partial charge in [-0.25, -0.2) is 0 Å². The minimum Gasteiger partial charge on any atom is -0.396 e. The van der Waals surface area contributed by atoms with Gasteiger partial charge in [0.25, 0.3) is 0 Å². The zero-order chi connectivity index (χ0) is 10.6. The Morgan fingerprint density at radius 1 is 1.79 bits per heavy atom. The number of hydrogen-bond acceptors (Lipinski definition) is 3. The molecule has 0 aliphatic carbocycles. The van der Waals surface area contributed by atoms with E-state index in [0.29, 0.717) is 13.0 Å². The van der Waals surface area contributed by atoms with Crippen LogP contribution in [-0.2, 0) is 4.79 Å². The number of aliphatic hydroxyl groups is 1. The molecule has 2 atom stereocenters. The molecule has 0 saturated carbocycles. The molecular formula is C10H18N2O2. The zero-order valence-electron chi connectivity index (χ0n) is 8.57. The highest BCUT2D eigenvalue weighted by molar-refractivity contribution is 5.83. The van der Waals surface area contributed by atoms with Crippen LogP contribution >= 0.6 is 0 Å². The summed E-state index contributed by atoms with van der Waals surface area (Å²) in [6, 6.07) is -0.0217. The maximum absolute atomic E-state index is 11.8. The van der Waals surface area contributed by atoms with Crippen LogP contribution in [0.2, 0.25) is 0 Å². The molecule has 0 aromatic heterocycles. The number of nitrogens with zero attached hydrogens (tertiary/aromatic N) is 1. The Kier molecular flexibility index (Phi) is 4.10. The first kappa shape index (κ1) is 11.2.